The Morgan fingerprint density at radius 2 is 2.20 bits per heavy atom. The predicted molar refractivity (Wildman–Crippen MR) is 67.2 cm³/mol. The smallest absolute Gasteiger partial charge is 0.250 e. The molecule has 1 rings (SSSR count). The molecule has 0 bridgehead atoms. The van der Waals surface area contributed by atoms with E-state index in [0.29, 0.717) is 0 Å². The van der Waals surface area contributed by atoms with Crippen LogP contribution in [-0.2, 0) is 4.79 Å². The van der Waals surface area contributed by atoms with Crippen LogP contribution in [0.1, 0.15) is 46.0 Å². The summed E-state index contributed by atoms with van der Waals surface area (Å²) in [4.78, 5) is 15.7. The summed E-state index contributed by atoms with van der Waals surface area (Å²) < 4.78 is 0. The molecule has 3 heteroatoms. The van der Waals surface area contributed by atoms with Gasteiger partial charge in [0, 0.05) is 11.6 Å². The monoisotopic (exact) mass is 207 g/mol. The first kappa shape index (κ1) is 12.5. The zero-order valence-electron chi connectivity index (χ0n) is 10.3. The molecule has 1 fully saturated rings. The highest BCUT2D eigenvalue weighted by molar-refractivity contribution is 6.11. The van der Waals surface area contributed by atoms with Crippen molar-refractivity contribution in [2.75, 3.05) is 0 Å². The molecule has 1 amide bonds. The van der Waals surface area contributed by atoms with Gasteiger partial charge in [-0.3, -0.25) is 4.79 Å². The first-order valence-corrected chi connectivity index (χ1v) is 6.13. The number of carbonyl (C=O) groups is 1. The van der Waals surface area contributed by atoms with Gasteiger partial charge in [-0.25, -0.2) is 4.99 Å². The third-order valence-electron chi connectivity index (χ3n) is 3.60. The summed E-state index contributed by atoms with van der Waals surface area (Å²) in [5.41, 5.74) is -0.285. The summed E-state index contributed by atoms with van der Waals surface area (Å²) in [6, 6.07) is 0. The van der Waals surface area contributed by atoms with Crippen molar-refractivity contribution in [2.24, 2.45) is 16.3 Å². The maximum Gasteiger partial charge on any atom is 0.250 e. The number of aliphatic imine (C=N–C) groups is 1. The lowest BCUT2D eigenvalue weighted by Gasteiger charge is -2.24. The first-order chi connectivity index (χ1) is 7.06. The molecule has 0 saturated heterocycles. The predicted octanol–water partition coefficient (Wildman–Crippen LogP) is 2.24. The van der Waals surface area contributed by atoms with E-state index in [1.54, 1.807) is 0 Å². The molecule has 0 atom stereocenters. The van der Waals surface area contributed by atoms with Crippen LogP contribution < -0.4 is 0 Å². The lowest BCUT2D eigenvalue weighted by molar-refractivity contribution is -0.124. The normalized spacial score (nSPS) is 18.0. The minimum atomic E-state index is -0.285. The van der Waals surface area contributed by atoms with Crippen LogP contribution in [0.3, 0.4) is 0 Å². The van der Waals surface area contributed by atoms with Gasteiger partial charge < -0.3 is 0 Å². The molecule has 1 aliphatic carbocycles. The number of carbonyl (C=O) groups excluding carboxylic acids is 1. The van der Waals surface area contributed by atoms with Gasteiger partial charge >= 0.3 is 0 Å². The van der Waals surface area contributed by atoms with Crippen LogP contribution in [0.15, 0.2) is 4.99 Å². The van der Waals surface area contributed by atoms with E-state index in [1.165, 1.54) is 25.7 Å². The summed E-state index contributed by atoms with van der Waals surface area (Å²) in [5, 5.41) is 0. The summed E-state index contributed by atoms with van der Waals surface area (Å²) in [6.07, 6.45) is 9.00. The van der Waals surface area contributed by atoms with Crippen LogP contribution in [-0.4, -0.2) is 20.0 Å². The second-order valence-corrected chi connectivity index (χ2v) is 5.23. The molecule has 1 saturated carbocycles. The van der Waals surface area contributed by atoms with Gasteiger partial charge in [-0.1, -0.05) is 39.4 Å². The molecular formula is C12H22BNO. The molecule has 0 aromatic carbocycles. The maximum absolute atomic E-state index is 11.6. The fourth-order valence-electron chi connectivity index (χ4n) is 1.57. The zero-order chi connectivity index (χ0) is 11.3. The van der Waals surface area contributed by atoms with E-state index >= 15 is 0 Å². The summed E-state index contributed by atoms with van der Waals surface area (Å²) in [5.74, 6) is 0.935. The third-order valence-corrected chi connectivity index (χ3v) is 3.60. The molecule has 0 heterocycles. The Balaban J connectivity index is 2.21. The number of rotatable bonds is 5. The van der Waals surface area contributed by atoms with Crippen molar-refractivity contribution in [3.05, 3.63) is 0 Å². The molecule has 15 heavy (non-hydrogen) atoms. The molecule has 84 valence electrons. The van der Waals surface area contributed by atoms with Crippen LogP contribution >= 0.6 is 0 Å². The quantitative estimate of drug-likeness (QED) is 0.502. The Kier molecular flexibility index (Phi) is 4.56. The van der Waals surface area contributed by atoms with Crippen molar-refractivity contribution in [1.82, 2.24) is 0 Å². The molecule has 0 aliphatic heterocycles. The lowest BCUT2D eigenvalue weighted by Crippen LogP contribution is -2.21. The lowest BCUT2D eigenvalue weighted by atomic mass is 9.79. The summed E-state index contributed by atoms with van der Waals surface area (Å²) in [6.45, 7) is 3.91. The Morgan fingerprint density at radius 1 is 1.53 bits per heavy atom. The van der Waals surface area contributed by atoms with Gasteiger partial charge in [0.1, 0.15) is 7.85 Å². The highest BCUT2D eigenvalue weighted by Gasteiger charge is 2.24. The topological polar surface area (TPSA) is 29.4 Å². The van der Waals surface area contributed by atoms with E-state index in [9.17, 15) is 4.79 Å². The largest absolute Gasteiger partial charge is 0.272 e. The van der Waals surface area contributed by atoms with Crippen molar-refractivity contribution < 1.29 is 4.79 Å². The Bertz CT molecular complexity index is 244. The average Bonchev–Trinajstić information content (AvgIpc) is 2.14. The van der Waals surface area contributed by atoms with E-state index < -0.39 is 0 Å². The molecule has 0 N–H and O–H groups in total. The van der Waals surface area contributed by atoms with E-state index in [0.717, 1.165) is 18.7 Å². The Morgan fingerprint density at radius 3 is 2.67 bits per heavy atom. The van der Waals surface area contributed by atoms with Crippen LogP contribution in [0, 0.1) is 11.3 Å². The minimum absolute atomic E-state index is 0.0265. The highest BCUT2D eigenvalue weighted by atomic mass is 16.1. The first-order valence-electron chi connectivity index (χ1n) is 6.13. The zero-order valence-corrected chi connectivity index (χ0v) is 10.3. The molecule has 0 aromatic rings. The van der Waals surface area contributed by atoms with Crippen LogP contribution in [0.25, 0.3) is 0 Å². The second-order valence-electron chi connectivity index (χ2n) is 5.23. The molecule has 0 aromatic heterocycles. The van der Waals surface area contributed by atoms with Gasteiger partial charge in [0.15, 0.2) is 0 Å². The van der Waals surface area contributed by atoms with Crippen molar-refractivity contribution in [3.63, 3.8) is 0 Å². The second kappa shape index (κ2) is 5.48. The molecule has 0 unspecified atom stereocenters. The van der Waals surface area contributed by atoms with Gasteiger partial charge in [0.05, 0.1) is 0 Å². The van der Waals surface area contributed by atoms with Crippen molar-refractivity contribution in [1.29, 1.82) is 0 Å². The van der Waals surface area contributed by atoms with E-state index in [1.807, 2.05) is 27.9 Å². The number of hydrogen-bond acceptors (Lipinski definition) is 1. The fourth-order valence-corrected chi connectivity index (χ4v) is 1.57. The van der Waals surface area contributed by atoms with Gasteiger partial charge in [0.2, 0.25) is 5.91 Å². The molecule has 0 spiro atoms. The van der Waals surface area contributed by atoms with Crippen LogP contribution in [0.2, 0.25) is 6.32 Å². The van der Waals surface area contributed by atoms with Gasteiger partial charge in [0.25, 0.3) is 0 Å². The van der Waals surface area contributed by atoms with Crippen molar-refractivity contribution >= 4 is 20.0 Å². The summed E-state index contributed by atoms with van der Waals surface area (Å²) in [7, 11) is 2.03. The van der Waals surface area contributed by atoms with Gasteiger partial charge in [-0.15, -0.1) is 0 Å². The standard InChI is InChI=1S/C12H22BNO/c1-12(2,9-13)11(15)14-8-4-7-10-5-3-6-10/h8,10H,3-7,9,13H2,1-2H3/b14-8+. The highest BCUT2D eigenvalue weighted by Crippen LogP contribution is 2.30. The number of nitrogens with zero attached hydrogens (tertiary/aromatic N) is 1. The maximum atomic E-state index is 11.6. The number of hydrogen-bond donors (Lipinski definition) is 0. The molecule has 1 aliphatic rings. The van der Waals surface area contributed by atoms with Crippen molar-refractivity contribution in [3.8, 4) is 0 Å². The van der Waals surface area contributed by atoms with Crippen LogP contribution in [0.5, 0.6) is 0 Å². The summed E-state index contributed by atoms with van der Waals surface area (Å²) >= 11 is 0. The fraction of sp³-hybridized carbons (Fsp3) is 0.833. The van der Waals surface area contributed by atoms with Crippen molar-refractivity contribution in [2.45, 2.75) is 52.3 Å². The average molecular weight is 207 g/mol. The van der Waals surface area contributed by atoms with E-state index in [4.69, 9.17) is 0 Å². The Hall–Kier alpha value is -0.595. The van der Waals surface area contributed by atoms with E-state index in [-0.39, 0.29) is 11.3 Å². The van der Waals surface area contributed by atoms with Crippen LogP contribution in [0.4, 0.5) is 0 Å². The SMILES string of the molecule is BCC(C)(C)C(=O)/N=C/CCC1CCC1. The number of amides is 1. The molecular weight excluding hydrogens is 185 g/mol. The third kappa shape index (κ3) is 3.81. The molecule has 2 nitrogen and oxygen atoms in total. The Labute approximate surface area is 94.0 Å². The van der Waals surface area contributed by atoms with E-state index in [2.05, 4.69) is 4.99 Å². The van der Waals surface area contributed by atoms with Gasteiger partial charge in [-0.2, -0.15) is 0 Å². The molecule has 0 radical (unpaired) electrons. The van der Waals surface area contributed by atoms with Gasteiger partial charge in [-0.05, 0) is 18.8 Å². The minimum Gasteiger partial charge on any atom is -0.272 e.